The fraction of sp³-hybridized carbons (Fsp3) is 0.933. The van der Waals surface area contributed by atoms with Crippen molar-refractivity contribution in [1.29, 1.82) is 0 Å². The van der Waals surface area contributed by atoms with Crippen LogP contribution in [0.15, 0.2) is 0 Å². The third-order valence-electron chi connectivity index (χ3n) is 3.40. The maximum absolute atomic E-state index is 13.1. The Labute approximate surface area is 143 Å². The highest BCUT2D eigenvalue weighted by atomic mass is 35.5. The summed E-state index contributed by atoms with van der Waals surface area (Å²) in [7, 11) is -3.65. The van der Waals surface area contributed by atoms with Crippen LogP contribution in [0.1, 0.15) is 41.0 Å². The van der Waals surface area contributed by atoms with E-state index in [1.165, 1.54) is 0 Å². The maximum atomic E-state index is 13.1. The number of ether oxygens (including phenoxy) is 2. The van der Waals surface area contributed by atoms with Crippen molar-refractivity contribution in [3.63, 3.8) is 0 Å². The van der Waals surface area contributed by atoms with Gasteiger partial charge in [0.15, 0.2) is 5.66 Å². The van der Waals surface area contributed by atoms with Crippen LogP contribution >= 0.6 is 19.2 Å². The van der Waals surface area contributed by atoms with E-state index in [1.807, 2.05) is 0 Å². The molecule has 0 aromatic heterocycles. The lowest BCUT2D eigenvalue weighted by Crippen LogP contribution is -2.48. The molecule has 0 radical (unpaired) electrons. The van der Waals surface area contributed by atoms with Gasteiger partial charge in [0.2, 0.25) is 0 Å². The molecule has 0 spiro atoms. The quantitative estimate of drug-likeness (QED) is 0.351. The summed E-state index contributed by atoms with van der Waals surface area (Å²) in [6.45, 7) is 9.92. The first-order valence-corrected chi connectivity index (χ1v) is 10.0. The number of halogens is 1. The molecule has 1 heterocycles. The van der Waals surface area contributed by atoms with Crippen LogP contribution in [0.2, 0.25) is 0 Å². The van der Waals surface area contributed by atoms with Crippen LogP contribution in [-0.2, 0) is 27.9 Å². The molecule has 1 aliphatic heterocycles. The number of esters is 1. The van der Waals surface area contributed by atoms with Crippen molar-refractivity contribution in [2.75, 3.05) is 32.3 Å². The minimum Gasteiger partial charge on any atom is -0.459 e. The van der Waals surface area contributed by atoms with Gasteiger partial charge in [-0.1, -0.05) is 0 Å². The fourth-order valence-electron chi connectivity index (χ4n) is 2.32. The van der Waals surface area contributed by atoms with Gasteiger partial charge in [0.1, 0.15) is 5.60 Å². The summed E-state index contributed by atoms with van der Waals surface area (Å²) in [6.07, 6.45) is 0.253. The molecule has 0 saturated carbocycles. The number of carbonyl (C=O) groups is 1. The summed E-state index contributed by atoms with van der Waals surface area (Å²) in [5, 5.41) is 0. The molecule has 1 fully saturated rings. The normalized spacial score (nSPS) is 19.0. The predicted molar refractivity (Wildman–Crippen MR) is 89.1 cm³/mol. The Morgan fingerprint density at radius 3 is 2.09 bits per heavy atom. The number of hydrogen-bond acceptors (Lipinski definition) is 6. The van der Waals surface area contributed by atoms with Crippen LogP contribution in [0.25, 0.3) is 0 Å². The van der Waals surface area contributed by atoms with Crippen LogP contribution in [0.5, 0.6) is 0 Å². The SMILES string of the molecule is CCOP(=O)(OCC)C(CC1(CCl)COC1)C(=O)OC(C)(C)C. The van der Waals surface area contributed by atoms with Gasteiger partial charge in [-0.25, -0.2) is 0 Å². The molecule has 0 amide bonds. The lowest BCUT2D eigenvalue weighted by molar-refractivity contribution is -0.158. The summed E-state index contributed by atoms with van der Waals surface area (Å²) in [5.41, 5.74) is -2.10. The molecular weight excluding hydrogens is 343 g/mol. The van der Waals surface area contributed by atoms with Crippen molar-refractivity contribution in [3.8, 4) is 0 Å². The van der Waals surface area contributed by atoms with Gasteiger partial charge in [-0.15, -0.1) is 11.6 Å². The Morgan fingerprint density at radius 2 is 1.78 bits per heavy atom. The smallest absolute Gasteiger partial charge is 0.344 e. The van der Waals surface area contributed by atoms with Crippen molar-refractivity contribution in [2.45, 2.75) is 52.3 Å². The fourth-order valence-corrected chi connectivity index (χ4v) is 4.66. The molecule has 23 heavy (non-hydrogen) atoms. The van der Waals surface area contributed by atoms with Crippen molar-refractivity contribution >= 4 is 25.2 Å². The number of hydrogen-bond donors (Lipinski definition) is 0. The van der Waals surface area contributed by atoms with Crippen LogP contribution < -0.4 is 0 Å². The highest BCUT2D eigenvalue weighted by Crippen LogP contribution is 2.57. The van der Waals surface area contributed by atoms with E-state index >= 15 is 0 Å². The molecule has 0 bridgehead atoms. The molecule has 1 rings (SSSR count). The van der Waals surface area contributed by atoms with Gasteiger partial charge in [0, 0.05) is 11.3 Å². The minimum atomic E-state index is -3.65. The van der Waals surface area contributed by atoms with E-state index in [2.05, 4.69) is 0 Å². The van der Waals surface area contributed by atoms with E-state index in [1.54, 1.807) is 34.6 Å². The van der Waals surface area contributed by atoms with Crippen LogP contribution in [0.4, 0.5) is 0 Å². The van der Waals surface area contributed by atoms with E-state index in [9.17, 15) is 9.36 Å². The monoisotopic (exact) mass is 370 g/mol. The Balaban J connectivity index is 3.08. The Morgan fingerprint density at radius 1 is 1.26 bits per heavy atom. The second-order valence-corrected chi connectivity index (χ2v) is 9.24. The average Bonchev–Trinajstić information content (AvgIpc) is 2.36. The molecule has 6 nitrogen and oxygen atoms in total. The first kappa shape index (κ1) is 20.9. The lowest BCUT2D eigenvalue weighted by atomic mass is 9.83. The standard InChI is InChI=1S/C15H28ClO6P/c1-6-20-23(18,21-7-2)12(13(17)22-14(3,4)5)8-15(9-16)10-19-11-15/h12H,6-11H2,1-5H3. The van der Waals surface area contributed by atoms with E-state index in [0.29, 0.717) is 19.1 Å². The highest BCUT2D eigenvalue weighted by molar-refractivity contribution is 7.55. The molecule has 1 unspecified atom stereocenters. The Bertz CT molecular complexity index is 428. The van der Waals surface area contributed by atoms with Crippen molar-refractivity contribution in [3.05, 3.63) is 0 Å². The minimum absolute atomic E-state index is 0.181. The van der Waals surface area contributed by atoms with Crippen molar-refractivity contribution in [1.82, 2.24) is 0 Å². The lowest BCUT2D eigenvalue weighted by Gasteiger charge is -2.42. The first-order chi connectivity index (χ1) is 10.6. The third-order valence-corrected chi connectivity index (χ3v) is 6.36. The van der Waals surface area contributed by atoms with Crippen LogP contribution in [0.3, 0.4) is 0 Å². The van der Waals surface area contributed by atoms with Crippen LogP contribution in [0, 0.1) is 5.41 Å². The second kappa shape index (κ2) is 8.30. The Hall–Kier alpha value is -0.130. The molecule has 1 atom stereocenters. The van der Waals surface area contributed by atoms with Gasteiger partial charge in [-0.2, -0.15) is 0 Å². The van der Waals surface area contributed by atoms with Crippen LogP contribution in [-0.4, -0.2) is 49.5 Å². The molecule has 0 aliphatic carbocycles. The van der Waals surface area contributed by atoms with E-state index in [0.717, 1.165) is 0 Å². The van der Waals surface area contributed by atoms with Gasteiger partial charge < -0.3 is 18.5 Å². The number of rotatable bonds is 9. The zero-order valence-corrected chi connectivity index (χ0v) is 16.2. The molecule has 1 saturated heterocycles. The Kier molecular flexibility index (Phi) is 7.55. The molecular formula is C15H28ClO6P. The zero-order valence-electron chi connectivity index (χ0n) is 14.6. The molecule has 136 valence electrons. The van der Waals surface area contributed by atoms with Gasteiger partial charge in [0.05, 0.1) is 26.4 Å². The largest absolute Gasteiger partial charge is 0.459 e. The predicted octanol–water partition coefficient (Wildman–Crippen LogP) is 3.61. The summed E-state index contributed by atoms with van der Waals surface area (Å²) in [6, 6.07) is 0. The third kappa shape index (κ3) is 5.71. The summed E-state index contributed by atoms with van der Waals surface area (Å²) in [5.74, 6) is -0.274. The highest BCUT2D eigenvalue weighted by Gasteiger charge is 2.50. The number of alkyl halides is 1. The average molecular weight is 371 g/mol. The van der Waals surface area contributed by atoms with Gasteiger partial charge >= 0.3 is 13.6 Å². The molecule has 1 aliphatic rings. The van der Waals surface area contributed by atoms with E-state index in [-0.39, 0.29) is 19.6 Å². The van der Waals surface area contributed by atoms with E-state index in [4.69, 9.17) is 30.1 Å². The summed E-state index contributed by atoms with van der Waals surface area (Å²) < 4.78 is 34.6. The van der Waals surface area contributed by atoms with Gasteiger partial charge in [0.25, 0.3) is 0 Å². The zero-order chi connectivity index (χ0) is 17.7. The van der Waals surface area contributed by atoms with E-state index < -0.39 is 30.2 Å². The molecule has 0 aromatic rings. The first-order valence-electron chi connectivity index (χ1n) is 7.87. The topological polar surface area (TPSA) is 71.1 Å². The van der Waals surface area contributed by atoms with Gasteiger partial charge in [-0.3, -0.25) is 9.36 Å². The second-order valence-electron chi connectivity index (χ2n) is 6.76. The van der Waals surface area contributed by atoms with Gasteiger partial charge in [-0.05, 0) is 41.0 Å². The molecule has 8 heteroatoms. The van der Waals surface area contributed by atoms with Crippen molar-refractivity contribution < 1.29 is 27.9 Å². The summed E-state index contributed by atoms with van der Waals surface area (Å²) in [4.78, 5) is 12.7. The maximum Gasteiger partial charge on any atom is 0.344 e. The van der Waals surface area contributed by atoms with Crippen molar-refractivity contribution in [2.24, 2.45) is 5.41 Å². The molecule has 0 aromatic carbocycles. The molecule has 0 N–H and O–H groups in total. The number of carbonyl (C=O) groups excluding carboxylic acids is 1. The summed E-state index contributed by atoms with van der Waals surface area (Å²) >= 11 is 6.04.